The van der Waals surface area contributed by atoms with Crippen LogP contribution in [0.5, 0.6) is 0 Å². The predicted molar refractivity (Wildman–Crippen MR) is 143 cm³/mol. The van der Waals surface area contributed by atoms with Crippen molar-refractivity contribution in [3.05, 3.63) is 149 Å². The molecule has 5 aromatic rings. The topological polar surface area (TPSA) is 30.7 Å². The van der Waals surface area contributed by atoms with E-state index in [1.54, 1.807) is 6.33 Å². The average molecular weight is 492 g/mol. The lowest BCUT2D eigenvalue weighted by Gasteiger charge is -2.18. The highest BCUT2D eigenvalue weighted by Crippen LogP contribution is 2.25. The van der Waals surface area contributed by atoms with Crippen molar-refractivity contribution in [1.29, 1.82) is 0 Å². The molecule has 0 amide bonds. The van der Waals surface area contributed by atoms with Crippen molar-refractivity contribution in [2.75, 3.05) is 0 Å². The normalized spacial score (nSPS) is 11.6. The van der Waals surface area contributed by atoms with Gasteiger partial charge < -0.3 is 0 Å². The quantitative estimate of drug-likeness (QED) is 0.282. The van der Waals surface area contributed by atoms with Crippen molar-refractivity contribution >= 4 is 22.5 Å². The van der Waals surface area contributed by atoms with Crippen LogP contribution in [-0.4, -0.2) is 31.6 Å². The highest BCUT2D eigenvalue weighted by molar-refractivity contribution is 6.53. The zero-order chi connectivity index (χ0) is 24.7. The van der Waals surface area contributed by atoms with E-state index in [1.807, 2.05) is 65.3 Å². The summed E-state index contributed by atoms with van der Waals surface area (Å²) in [5, 5.41) is 4.75. The van der Waals surface area contributed by atoms with Crippen LogP contribution >= 0.6 is 0 Å². The number of halogens is 2. The fourth-order valence-electron chi connectivity index (χ4n) is 4.53. The van der Waals surface area contributed by atoms with Crippen LogP contribution in [0.1, 0.15) is 33.6 Å². The van der Waals surface area contributed by atoms with Crippen LogP contribution in [0, 0.1) is 11.6 Å². The lowest BCUT2D eigenvalue weighted by Crippen LogP contribution is -2.27. The van der Waals surface area contributed by atoms with Crippen LogP contribution in [0.15, 0.2) is 116 Å². The maximum Gasteiger partial charge on any atom is 0.221 e. The van der Waals surface area contributed by atoms with E-state index in [9.17, 15) is 8.78 Å². The summed E-state index contributed by atoms with van der Waals surface area (Å²) in [4.78, 5) is 4.57. The van der Waals surface area contributed by atoms with Crippen molar-refractivity contribution in [2.24, 2.45) is 0 Å². The molecule has 5 rings (SSSR count). The smallest absolute Gasteiger partial charge is 0.221 e. The molecule has 0 saturated carbocycles. The molecule has 0 aliphatic rings. The van der Waals surface area contributed by atoms with Gasteiger partial charge in [-0.1, -0.05) is 84.9 Å². The third-order valence-corrected chi connectivity index (χ3v) is 8.62. The lowest BCUT2D eigenvalue weighted by atomic mass is 9.58. The van der Waals surface area contributed by atoms with Gasteiger partial charge >= 0.3 is 0 Å². The van der Waals surface area contributed by atoms with Gasteiger partial charge in [-0.25, -0.2) is 13.8 Å². The van der Waals surface area contributed by atoms with Crippen LogP contribution < -0.4 is 5.72 Å². The number of hydrogen-bond donors (Lipinski definition) is 0. The second-order valence-corrected chi connectivity index (χ2v) is 10.6. The maximum atomic E-state index is 13.5. The highest BCUT2D eigenvalue weighted by Gasteiger charge is 2.20. The largest absolute Gasteiger partial charge is 0.257 e. The van der Waals surface area contributed by atoms with Crippen molar-refractivity contribution in [3.63, 3.8) is 0 Å². The van der Waals surface area contributed by atoms with E-state index >= 15 is 0 Å². The van der Waals surface area contributed by atoms with E-state index < -0.39 is 9.52 Å². The van der Waals surface area contributed by atoms with Gasteiger partial charge in [0.05, 0.1) is 9.52 Å². The molecule has 36 heavy (non-hydrogen) atoms. The first-order valence-electron chi connectivity index (χ1n) is 12.0. The molecule has 1 radical (unpaired) electrons. The van der Waals surface area contributed by atoms with Crippen LogP contribution in [0.2, 0.25) is 0 Å². The predicted octanol–water partition coefficient (Wildman–Crippen LogP) is 4.59. The number of aromatic nitrogens is 3. The maximum absolute atomic E-state index is 13.5. The Morgan fingerprint density at radius 1 is 0.667 bits per heavy atom. The minimum Gasteiger partial charge on any atom is -0.257 e. The lowest BCUT2D eigenvalue weighted by molar-refractivity contribution is 0.626. The van der Waals surface area contributed by atoms with E-state index in [0.717, 1.165) is 17.3 Å². The zero-order valence-electron chi connectivity index (χ0n) is 19.7. The van der Waals surface area contributed by atoms with Gasteiger partial charge in [0.15, 0.2) is 0 Å². The summed E-state index contributed by atoms with van der Waals surface area (Å²) in [6.45, 7) is 0. The molecular formula is C29H25BF2N3Si. The molecule has 1 heterocycles. The molecule has 0 aliphatic heterocycles. The number of benzene rings is 4. The Morgan fingerprint density at radius 3 is 1.67 bits per heavy atom. The summed E-state index contributed by atoms with van der Waals surface area (Å²) in [6, 6.07) is 33.9. The van der Waals surface area contributed by atoms with Crippen molar-refractivity contribution in [2.45, 2.75) is 17.5 Å². The summed E-state index contributed by atoms with van der Waals surface area (Å²) in [7, 11) is 1.29. The average Bonchev–Trinajstić information content (AvgIpc) is 3.38. The summed E-state index contributed by atoms with van der Waals surface area (Å²) in [6.07, 6.45) is 2.53. The minimum absolute atomic E-state index is 0.0478. The summed E-state index contributed by atoms with van der Waals surface area (Å²) < 4.78 is 29.0. The van der Waals surface area contributed by atoms with E-state index in [1.165, 1.54) is 35.4 Å². The molecule has 0 atom stereocenters. The van der Waals surface area contributed by atoms with E-state index in [2.05, 4.69) is 36.5 Å². The SMILES string of the molecule is Fc1ccc(C([SiH2]Cn2cnc([B]C(c3ccccc3)c3ccccc3)n2)c2ccc(F)cc2)cc1. The fourth-order valence-corrected chi connectivity index (χ4v) is 6.47. The third kappa shape index (κ3) is 5.86. The van der Waals surface area contributed by atoms with Gasteiger partial charge in [-0.2, -0.15) is 5.10 Å². The van der Waals surface area contributed by atoms with E-state index in [-0.39, 0.29) is 23.0 Å². The molecule has 0 aliphatic carbocycles. The molecule has 0 fully saturated rings. The molecule has 1 aromatic heterocycles. The first-order chi connectivity index (χ1) is 17.7. The molecule has 0 unspecified atom stereocenters. The molecule has 177 valence electrons. The Morgan fingerprint density at radius 2 is 1.17 bits per heavy atom. The molecule has 0 N–H and O–H groups in total. The van der Waals surface area contributed by atoms with Crippen molar-refractivity contribution < 1.29 is 8.78 Å². The zero-order valence-corrected chi connectivity index (χ0v) is 21.1. The van der Waals surface area contributed by atoms with Gasteiger partial charge in [0.2, 0.25) is 7.28 Å². The van der Waals surface area contributed by atoms with Crippen LogP contribution in [-0.2, 0) is 6.17 Å². The Bertz CT molecular complexity index is 1290. The van der Waals surface area contributed by atoms with Gasteiger partial charge in [0, 0.05) is 6.17 Å². The molecule has 7 heteroatoms. The monoisotopic (exact) mass is 492 g/mol. The Hall–Kier alpha value is -3.84. The fraction of sp³-hybridized carbons (Fsp3) is 0.103. The Labute approximate surface area is 212 Å². The molecular weight excluding hydrogens is 467 g/mol. The molecule has 3 nitrogen and oxygen atoms in total. The van der Waals surface area contributed by atoms with Crippen LogP contribution in [0.4, 0.5) is 8.78 Å². The van der Waals surface area contributed by atoms with Crippen molar-refractivity contribution in [1.82, 2.24) is 14.8 Å². The Kier molecular flexibility index (Phi) is 7.47. The molecule has 0 bridgehead atoms. The molecule has 4 aromatic carbocycles. The number of hydrogen-bond acceptors (Lipinski definition) is 2. The summed E-state index contributed by atoms with van der Waals surface area (Å²) in [5.74, 6) is -0.478. The Balaban J connectivity index is 1.34. The second-order valence-electron chi connectivity index (χ2n) is 8.78. The van der Waals surface area contributed by atoms with Gasteiger partial charge in [0.1, 0.15) is 23.7 Å². The van der Waals surface area contributed by atoms with E-state index in [0.29, 0.717) is 5.72 Å². The van der Waals surface area contributed by atoms with Crippen LogP contribution in [0.3, 0.4) is 0 Å². The number of nitrogens with zero attached hydrogens (tertiary/aromatic N) is 3. The second kappa shape index (κ2) is 11.3. The first-order valence-corrected chi connectivity index (χ1v) is 13.8. The highest BCUT2D eigenvalue weighted by atomic mass is 28.2. The van der Waals surface area contributed by atoms with Crippen LogP contribution in [0.25, 0.3) is 0 Å². The van der Waals surface area contributed by atoms with Gasteiger partial charge in [-0.05, 0) is 57.9 Å². The summed E-state index contributed by atoms with van der Waals surface area (Å²) in [5.41, 5.74) is 5.24. The third-order valence-electron chi connectivity index (χ3n) is 6.38. The first kappa shape index (κ1) is 23.9. The standard InChI is InChI=1S/C29H25BF2N3Si/c31-25-15-11-23(12-16-25)28(24-13-17-26(32)18-14-24)36-20-35-19-33-29(34-35)30-27(21-7-3-1-4-8-21)22-9-5-2-6-10-22/h1-19,27-28H,20,36H2. The van der Waals surface area contributed by atoms with Crippen molar-refractivity contribution in [3.8, 4) is 0 Å². The van der Waals surface area contributed by atoms with E-state index in [4.69, 9.17) is 5.10 Å². The van der Waals surface area contributed by atoms with Gasteiger partial charge in [-0.3, -0.25) is 4.68 Å². The van der Waals surface area contributed by atoms with Gasteiger partial charge in [0.25, 0.3) is 0 Å². The van der Waals surface area contributed by atoms with Gasteiger partial charge in [-0.15, -0.1) is 0 Å². The molecule has 0 spiro atoms. The summed E-state index contributed by atoms with van der Waals surface area (Å²) >= 11 is 0. The minimum atomic E-state index is -0.808. The molecule has 0 saturated heterocycles. The number of rotatable bonds is 9.